The Balaban J connectivity index is 3.26. The first kappa shape index (κ1) is 23.7. The normalized spacial score (nSPS) is 17.0. The topological polar surface area (TPSA) is 92.7 Å². The van der Waals surface area contributed by atoms with Crippen LogP contribution in [0.3, 0.4) is 0 Å². The number of nitrogens with one attached hydrogen (secondary N) is 1. The summed E-state index contributed by atoms with van der Waals surface area (Å²) in [4.78, 5) is 37.2. The molecule has 0 saturated heterocycles. The van der Waals surface area contributed by atoms with Crippen LogP contribution >= 0.6 is 0 Å². The third-order valence-electron chi connectivity index (χ3n) is 4.81. The third kappa shape index (κ3) is 5.81. The van der Waals surface area contributed by atoms with Crippen molar-refractivity contribution in [2.45, 2.75) is 66.8 Å². The maximum absolute atomic E-state index is 12.5. The second-order valence-corrected chi connectivity index (χ2v) is 8.03. The van der Waals surface area contributed by atoms with Gasteiger partial charge in [0.1, 0.15) is 11.8 Å². The van der Waals surface area contributed by atoms with Gasteiger partial charge in [-0.1, -0.05) is 32.4 Å². The highest BCUT2D eigenvalue weighted by Crippen LogP contribution is 2.30. The first-order valence-electron chi connectivity index (χ1n) is 9.72. The molecule has 6 nitrogen and oxygen atoms in total. The van der Waals surface area contributed by atoms with E-state index in [1.54, 1.807) is 0 Å². The maximum Gasteiger partial charge on any atom is 0.328 e. The molecule has 6 heteroatoms. The molecule has 0 spiro atoms. The van der Waals surface area contributed by atoms with Gasteiger partial charge in [-0.2, -0.15) is 0 Å². The SMILES string of the molecule is COC(=O)[C@H](CC(C)C)NC1=C(C)C(=O)C(=O)C([C@H](C)CCC=C(C)C)=C1O. The van der Waals surface area contributed by atoms with E-state index < -0.39 is 23.6 Å². The quantitative estimate of drug-likeness (QED) is 0.269. The molecule has 2 atom stereocenters. The van der Waals surface area contributed by atoms with Crippen LogP contribution in [0.5, 0.6) is 0 Å². The fourth-order valence-electron chi connectivity index (χ4n) is 3.23. The molecule has 1 rings (SSSR count). The number of Topliss-reactive ketones (excluding diaryl/α,β-unsaturated/α-hetero) is 2. The van der Waals surface area contributed by atoms with Crippen LogP contribution in [-0.2, 0) is 19.1 Å². The number of esters is 1. The zero-order valence-corrected chi connectivity index (χ0v) is 18.0. The number of allylic oxidation sites excluding steroid dienone is 4. The van der Waals surface area contributed by atoms with Gasteiger partial charge in [-0.05, 0) is 51.9 Å². The van der Waals surface area contributed by atoms with Crippen LogP contribution in [0.25, 0.3) is 0 Å². The van der Waals surface area contributed by atoms with E-state index in [4.69, 9.17) is 4.74 Å². The summed E-state index contributed by atoms with van der Waals surface area (Å²) in [5.74, 6) is -2.17. The average Bonchev–Trinajstić information content (AvgIpc) is 2.61. The molecule has 0 aromatic carbocycles. The zero-order chi connectivity index (χ0) is 21.6. The van der Waals surface area contributed by atoms with Crippen LogP contribution in [0.15, 0.2) is 34.3 Å². The Morgan fingerprint density at radius 3 is 2.29 bits per heavy atom. The molecule has 0 unspecified atom stereocenters. The molecular formula is C22H33NO5. The van der Waals surface area contributed by atoms with Gasteiger partial charge in [-0.3, -0.25) is 9.59 Å². The highest BCUT2D eigenvalue weighted by atomic mass is 16.5. The Labute approximate surface area is 167 Å². The molecule has 0 saturated carbocycles. The lowest BCUT2D eigenvalue weighted by Crippen LogP contribution is -2.42. The smallest absolute Gasteiger partial charge is 0.328 e. The minimum absolute atomic E-state index is 0.105. The summed E-state index contributed by atoms with van der Waals surface area (Å²) in [6, 6.07) is -0.722. The third-order valence-corrected chi connectivity index (χ3v) is 4.81. The molecule has 0 aliphatic heterocycles. The molecule has 0 fully saturated rings. The van der Waals surface area contributed by atoms with Gasteiger partial charge in [0.2, 0.25) is 11.6 Å². The van der Waals surface area contributed by atoms with E-state index in [1.165, 1.54) is 19.6 Å². The molecule has 0 amide bonds. The first-order valence-corrected chi connectivity index (χ1v) is 9.72. The van der Waals surface area contributed by atoms with Crippen molar-refractivity contribution in [1.82, 2.24) is 5.32 Å². The number of hydrogen-bond acceptors (Lipinski definition) is 6. The van der Waals surface area contributed by atoms with E-state index in [0.29, 0.717) is 12.8 Å². The number of aliphatic hydroxyl groups excluding tert-OH is 1. The fourth-order valence-corrected chi connectivity index (χ4v) is 3.23. The Hall–Kier alpha value is -2.37. The average molecular weight is 392 g/mol. The second kappa shape index (κ2) is 10.2. The van der Waals surface area contributed by atoms with Gasteiger partial charge in [0.25, 0.3) is 0 Å². The number of rotatable bonds is 9. The monoisotopic (exact) mass is 391 g/mol. The van der Waals surface area contributed by atoms with E-state index in [0.717, 1.165) is 6.42 Å². The van der Waals surface area contributed by atoms with E-state index in [9.17, 15) is 19.5 Å². The van der Waals surface area contributed by atoms with E-state index >= 15 is 0 Å². The zero-order valence-electron chi connectivity index (χ0n) is 18.0. The maximum atomic E-state index is 12.5. The van der Waals surface area contributed by atoms with Crippen molar-refractivity contribution in [3.8, 4) is 0 Å². The van der Waals surface area contributed by atoms with Crippen molar-refractivity contribution in [3.63, 3.8) is 0 Å². The molecule has 156 valence electrons. The number of methoxy groups -OCH3 is 1. The van der Waals surface area contributed by atoms with Crippen LogP contribution in [-0.4, -0.2) is 35.8 Å². The summed E-state index contributed by atoms with van der Waals surface area (Å²) < 4.78 is 4.84. The number of ketones is 2. The Morgan fingerprint density at radius 1 is 1.18 bits per heavy atom. The summed E-state index contributed by atoms with van der Waals surface area (Å²) in [5, 5.41) is 13.8. The van der Waals surface area contributed by atoms with E-state index in [1.807, 2.05) is 34.6 Å². The van der Waals surface area contributed by atoms with Crippen LogP contribution in [0.1, 0.15) is 60.8 Å². The molecular weight excluding hydrogens is 358 g/mol. The molecule has 0 aromatic heterocycles. The van der Waals surface area contributed by atoms with Crippen molar-refractivity contribution in [2.75, 3.05) is 7.11 Å². The molecule has 1 aliphatic carbocycles. The van der Waals surface area contributed by atoms with Gasteiger partial charge >= 0.3 is 5.97 Å². The van der Waals surface area contributed by atoms with Gasteiger partial charge in [-0.15, -0.1) is 0 Å². The lowest BCUT2D eigenvalue weighted by molar-refractivity contribution is -0.143. The highest BCUT2D eigenvalue weighted by Gasteiger charge is 2.37. The molecule has 28 heavy (non-hydrogen) atoms. The standard InChI is InChI=1S/C22H33NO5/c1-12(2)9-8-10-14(5)17-20(25)18(15(6)19(24)21(17)26)23-16(11-13(3)4)22(27)28-7/h9,13-14,16,23,25H,8,10-11H2,1-7H3/t14-,16+/m1/s1. The number of aliphatic hydroxyl groups is 1. The number of hydrogen-bond donors (Lipinski definition) is 2. The Bertz CT molecular complexity index is 723. The fraction of sp³-hybridized carbons (Fsp3) is 0.591. The lowest BCUT2D eigenvalue weighted by atomic mass is 9.83. The minimum atomic E-state index is -0.722. The second-order valence-electron chi connectivity index (χ2n) is 8.03. The predicted molar refractivity (Wildman–Crippen MR) is 109 cm³/mol. The van der Waals surface area contributed by atoms with Crippen LogP contribution in [0.2, 0.25) is 0 Å². The Kier molecular flexibility index (Phi) is 8.66. The largest absolute Gasteiger partial charge is 0.505 e. The number of carbonyl (C=O) groups excluding carboxylic acids is 3. The molecule has 1 aliphatic rings. The summed E-state index contributed by atoms with van der Waals surface area (Å²) >= 11 is 0. The van der Waals surface area contributed by atoms with Gasteiger partial charge < -0.3 is 15.2 Å². The van der Waals surface area contributed by atoms with Gasteiger partial charge in [-0.25, -0.2) is 4.79 Å². The first-order chi connectivity index (χ1) is 13.0. The highest BCUT2D eigenvalue weighted by molar-refractivity contribution is 6.50. The lowest BCUT2D eigenvalue weighted by Gasteiger charge is -2.27. The van der Waals surface area contributed by atoms with Crippen molar-refractivity contribution in [2.24, 2.45) is 11.8 Å². The number of ether oxygens (including phenoxy) is 1. The van der Waals surface area contributed by atoms with Crippen molar-refractivity contribution >= 4 is 17.5 Å². The number of carbonyl (C=O) groups is 3. The van der Waals surface area contributed by atoms with Crippen LogP contribution in [0.4, 0.5) is 0 Å². The van der Waals surface area contributed by atoms with Gasteiger partial charge in [0.15, 0.2) is 0 Å². The van der Waals surface area contributed by atoms with Crippen LogP contribution in [0, 0.1) is 11.8 Å². The molecule has 0 heterocycles. The molecule has 2 N–H and O–H groups in total. The summed E-state index contributed by atoms with van der Waals surface area (Å²) in [7, 11) is 1.29. The van der Waals surface area contributed by atoms with E-state index in [-0.39, 0.29) is 34.4 Å². The molecule has 0 radical (unpaired) electrons. The molecule has 0 aromatic rings. The minimum Gasteiger partial charge on any atom is -0.505 e. The van der Waals surface area contributed by atoms with E-state index in [2.05, 4.69) is 11.4 Å². The van der Waals surface area contributed by atoms with Gasteiger partial charge in [0.05, 0.1) is 18.4 Å². The van der Waals surface area contributed by atoms with Gasteiger partial charge in [0, 0.05) is 5.57 Å². The van der Waals surface area contributed by atoms with Crippen molar-refractivity contribution < 1.29 is 24.2 Å². The summed E-state index contributed by atoms with van der Waals surface area (Å²) in [5.41, 5.74) is 1.53. The summed E-state index contributed by atoms with van der Waals surface area (Å²) in [6.45, 7) is 11.2. The van der Waals surface area contributed by atoms with Crippen LogP contribution < -0.4 is 5.32 Å². The summed E-state index contributed by atoms with van der Waals surface area (Å²) in [6.07, 6.45) is 3.89. The molecule has 0 bridgehead atoms. The van der Waals surface area contributed by atoms with Crippen molar-refractivity contribution in [3.05, 3.63) is 34.3 Å². The van der Waals surface area contributed by atoms with Crippen molar-refractivity contribution in [1.29, 1.82) is 0 Å². The Morgan fingerprint density at radius 2 is 1.79 bits per heavy atom. The predicted octanol–water partition coefficient (Wildman–Crippen LogP) is 3.78.